The van der Waals surface area contributed by atoms with Gasteiger partial charge < -0.3 is 20.1 Å². The molecule has 2 heterocycles. The van der Waals surface area contributed by atoms with Gasteiger partial charge in [0.25, 0.3) is 11.8 Å². The van der Waals surface area contributed by atoms with Crippen LogP contribution in [0.4, 0.5) is 11.4 Å². The van der Waals surface area contributed by atoms with Gasteiger partial charge >= 0.3 is 0 Å². The highest BCUT2D eigenvalue weighted by atomic mass is 35.5. The SMILES string of the molecule is NN(C[C@H](O)CNc1ccc(N2CCOCC2=O)cc1)C(=O)c1ccc(Cl)s1. The first kappa shape index (κ1) is 20.6. The Labute approximate surface area is 171 Å². The van der Waals surface area contributed by atoms with Gasteiger partial charge in [0.1, 0.15) is 6.61 Å². The van der Waals surface area contributed by atoms with Crippen molar-refractivity contribution in [2.75, 3.05) is 43.1 Å². The molecule has 0 radical (unpaired) electrons. The molecule has 1 fully saturated rings. The zero-order valence-corrected chi connectivity index (χ0v) is 16.6. The standard InChI is InChI=1S/C18H21ClN4O4S/c19-16-6-5-15(28-16)18(26)23(20)10-14(24)9-21-12-1-3-13(4-2-12)22-7-8-27-11-17(22)25/h1-6,14,21,24H,7-11,20H2/t14-/m1/s1. The lowest BCUT2D eigenvalue weighted by atomic mass is 10.2. The molecule has 150 valence electrons. The number of hydrazine groups is 1. The normalized spacial score (nSPS) is 15.4. The highest BCUT2D eigenvalue weighted by Gasteiger charge is 2.20. The first-order chi connectivity index (χ1) is 13.4. The summed E-state index contributed by atoms with van der Waals surface area (Å²) < 4.78 is 5.63. The Balaban J connectivity index is 1.48. The fourth-order valence-electron chi connectivity index (χ4n) is 2.73. The lowest BCUT2D eigenvalue weighted by molar-refractivity contribution is -0.125. The molecule has 1 aromatic heterocycles. The van der Waals surface area contributed by atoms with E-state index < -0.39 is 12.0 Å². The number of carbonyl (C=O) groups excluding carboxylic acids is 2. The Kier molecular flexibility index (Phi) is 6.87. The molecule has 1 aliphatic rings. The van der Waals surface area contributed by atoms with Crippen LogP contribution in [0.3, 0.4) is 0 Å². The Bertz CT molecular complexity index is 829. The second kappa shape index (κ2) is 9.35. The van der Waals surface area contributed by atoms with Gasteiger partial charge in [-0.05, 0) is 36.4 Å². The number of hydrogen-bond donors (Lipinski definition) is 3. The van der Waals surface area contributed by atoms with Crippen molar-refractivity contribution in [3.05, 3.63) is 45.6 Å². The largest absolute Gasteiger partial charge is 0.389 e. The lowest BCUT2D eigenvalue weighted by Gasteiger charge is -2.27. The second-order valence-electron chi connectivity index (χ2n) is 6.24. The minimum absolute atomic E-state index is 0.0261. The average Bonchev–Trinajstić information content (AvgIpc) is 3.13. The molecule has 28 heavy (non-hydrogen) atoms. The van der Waals surface area contributed by atoms with Crippen LogP contribution < -0.4 is 16.1 Å². The van der Waals surface area contributed by atoms with E-state index in [-0.39, 0.29) is 25.6 Å². The number of ether oxygens (including phenoxy) is 1. The summed E-state index contributed by atoms with van der Waals surface area (Å²) in [5.41, 5.74) is 1.58. The Morgan fingerprint density at radius 2 is 2.11 bits per heavy atom. The smallest absolute Gasteiger partial charge is 0.277 e. The van der Waals surface area contributed by atoms with Gasteiger partial charge in [-0.15, -0.1) is 11.3 Å². The number of aliphatic hydroxyl groups is 1. The molecule has 3 rings (SSSR count). The predicted octanol–water partition coefficient (Wildman–Crippen LogP) is 1.55. The molecule has 0 bridgehead atoms. The number of morpholine rings is 1. The number of anilines is 2. The van der Waals surface area contributed by atoms with Gasteiger partial charge in [0.2, 0.25) is 0 Å². The quantitative estimate of drug-likeness (QED) is 0.353. The molecule has 1 atom stereocenters. The van der Waals surface area contributed by atoms with E-state index in [1.54, 1.807) is 17.0 Å². The Morgan fingerprint density at radius 3 is 2.75 bits per heavy atom. The van der Waals surface area contributed by atoms with E-state index in [1.807, 2.05) is 24.3 Å². The second-order valence-corrected chi connectivity index (χ2v) is 7.96. The van der Waals surface area contributed by atoms with Gasteiger partial charge in [-0.25, -0.2) is 5.84 Å². The van der Waals surface area contributed by atoms with Crippen molar-refractivity contribution < 1.29 is 19.4 Å². The maximum atomic E-state index is 12.2. The molecule has 8 nitrogen and oxygen atoms in total. The first-order valence-corrected chi connectivity index (χ1v) is 9.85. The molecular formula is C18H21ClN4O4S. The van der Waals surface area contributed by atoms with Crippen LogP contribution in [0.5, 0.6) is 0 Å². The molecule has 4 N–H and O–H groups in total. The number of thiophene rings is 1. The summed E-state index contributed by atoms with van der Waals surface area (Å²) in [5.74, 6) is 5.30. The van der Waals surface area contributed by atoms with Crippen LogP contribution >= 0.6 is 22.9 Å². The van der Waals surface area contributed by atoms with E-state index in [2.05, 4.69) is 5.32 Å². The summed E-state index contributed by atoms with van der Waals surface area (Å²) in [6.07, 6.45) is -0.857. The van der Waals surface area contributed by atoms with Crippen LogP contribution in [-0.2, 0) is 9.53 Å². The van der Waals surface area contributed by atoms with E-state index in [0.29, 0.717) is 22.4 Å². The van der Waals surface area contributed by atoms with Gasteiger partial charge in [-0.1, -0.05) is 11.6 Å². The van der Waals surface area contributed by atoms with E-state index in [1.165, 1.54) is 0 Å². The fraction of sp³-hybridized carbons (Fsp3) is 0.333. The number of rotatable bonds is 7. The molecule has 1 aliphatic heterocycles. The number of benzene rings is 1. The number of amides is 2. The number of carbonyl (C=O) groups is 2. The van der Waals surface area contributed by atoms with Gasteiger partial charge in [-0.2, -0.15) is 0 Å². The number of nitrogens with one attached hydrogen (secondary N) is 1. The minimum atomic E-state index is -0.857. The predicted molar refractivity (Wildman–Crippen MR) is 109 cm³/mol. The number of halogens is 1. The molecule has 0 unspecified atom stereocenters. The Morgan fingerprint density at radius 1 is 1.36 bits per heavy atom. The van der Waals surface area contributed by atoms with Crippen LogP contribution in [0.2, 0.25) is 4.34 Å². The van der Waals surface area contributed by atoms with Crippen LogP contribution in [0.15, 0.2) is 36.4 Å². The van der Waals surface area contributed by atoms with Gasteiger partial charge in [0, 0.05) is 24.5 Å². The van der Waals surface area contributed by atoms with E-state index in [9.17, 15) is 14.7 Å². The van der Waals surface area contributed by atoms with Crippen LogP contribution in [0, 0.1) is 0 Å². The molecule has 2 aromatic rings. The molecule has 1 saturated heterocycles. The molecule has 2 amide bonds. The van der Waals surface area contributed by atoms with Gasteiger partial charge in [-0.3, -0.25) is 14.6 Å². The number of nitrogens with two attached hydrogens (primary N) is 1. The first-order valence-electron chi connectivity index (χ1n) is 8.66. The van der Waals surface area contributed by atoms with E-state index >= 15 is 0 Å². The molecule has 0 spiro atoms. The molecule has 0 aliphatic carbocycles. The van der Waals surface area contributed by atoms with E-state index in [0.717, 1.165) is 27.7 Å². The zero-order valence-electron chi connectivity index (χ0n) is 15.0. The van der Waals surface area contributed by atoms with Gasteiger partial charge in [0.05, 0.1) is 28.5 Å². The summed E-state index contributed by atoms with van der Waals surface area (Å²) in [7, 11) is 0. The van der Waals surface area contributed by atoms with Crippen LogP contribution in [0.25, 0.3) is 0 Å². The summed E-state index contributed by atoms with van der Waals surface area (Å²) in [6, 6.07) is 10.5. The summed E-state index contributed by atoms with van der Waals surface area (Å²) >= 11 is 6.96. The minimum Gasteiger partial charge on any atom is -0.389 e. The molecule has 10 heteroatoms. The van der Waals surface area contributed by atoms with Crippen molar-refractivity contribution in [3.8, 4) is 0 Å². The van der Waals surface area contributed by atoms with Crippen LogP contribution in [0.1, 0.15) is 9.67 Å². The average molecular weight is 425 g/mol. The third-order valence-electron chi connectivity index (χ3n) is 4.16. The van der Waals surface area contributed by atoms with Gasteiger partial charge in [0.15, 0.2) is 0 Å². The zero-order chi connectivity index (χ0) is 20.1. The monoisotopic (exact) mass is 424 g/mol. The molecular weight excluding hydrogens is 404 g/mol. The number of nitrogens with zero attached hydrogens (tertiary/aromatic N) is 2. The highest BCUT2D eigenvalue weighted by molar-refractivity contribution is 7.17. The molecule has 1 aromatic carbocycles. The summed E-state index contributed by atoms with van der Waals surface area (Å²) in [4.78, 5) is 26.1. The van der Waals surface area contributed by atoms with Crippen molar-refractivity contribution in [2.45, 2.75) is 6.10 Å². The number of aliphatic hydroxyl groups excluding tert-OH is 1. The third-order valence-corrected chi connectivity index (χ3v) is 5.38. The summed E-state index contributed by atoms with van der Waals surface area (Å²) in [6.45, 7) is 1.33. The van der Waals surface area contributed by atoms with Crippen molar-refractivity contribution in [3.63, 3.8) is 0 Å². The van der Waals surface area contributed by atoms with Crippen molar-refractivity contribution in [1.82, 2.24) is 5.01 Å². The Hall–Kier alpha value is -2.17. The van der Waals surface area contributed by atoms with E-state index in [4.69, 9.17) is 22.2 Å². The summed E-state index contributed by atoms with van der Waals surface area (Å²) in [5, 5.41) is 14.2. The lowest BCUT2D eigenvalue weighted by Crippen LogP contribution is -2.44. The fourth-order valence-corrected chi connectivity index (χ4v) is 3.73. The number of hydrogen-bond acceptors (Lipinski definition) is 7. The van der Waals surface area contributed by atoms with Crippen molar-refractivity contribution in [1.29, 1.82) is 0 Å². The van der Waals surface area contributed by atoms with Crippen LogP contribution in [-0.4, -0.2) is 60.9 Å². The molecule has 0 saturated carbocycles. The third kappa shape index (κ3) is 5.21. The highest BCUT2D eigenvalue weighted by Crippen LogP contribution is 2.22. The maximum absolute atomic E-state index is 12.2. The van der Waals surface area contributed by atoms with Crippen molar-refractivity contribution in [2.24, 2.45) is 5.84 Å². The topological polar surface area (TPSA) is 108 Å². The maximum Gasteiger partial charge on any atom is 0.277 e. The van der Waals surface area contributed by atoms with Crippen molar-refractivity contribution >= 4 is 46.1 Å².